The Labute approximate surface area is 163 Å². The number of ether oxygens (including phenoxy) is 1. The van der Waals surface area contributed by atoms with Gasteiger partial charge in [-0.3, -0.25) is 4.79 Å². The molecule has 0 saturated heterocycles. The minimum absolute atomic E-state index is 0.141. The highest BCUT2D eigenvalue weighted by Crippen LogP contribution is 2.21. The lowest BCUT2D eigenvalue weighted by Crippen LogP contribution is -2.30. The number of hydrogen-bond acceptors (Lipinski definition) is 5. The first-order valence-corrected chi connectivity index (χ1v) is 9.29. The molecule has 0 spiro atoms. The number of nitrogens with one attached hydrogen (secondary N) is 1. The Kier molecular flexibility index (Phi) is 5.99. The van der Waals surface area contributed by atoms with Crippen molar-refractivity contribution in [1.82, 2.24) is 0 Å². The number of amides is 1. The van der Waals surface area contributed by atoms with Gasteiger partial charge in [0.2, 0.25) is 0 Å². The quantitative estimate of drug-likeness (QED) is 0.626. The molecule has 0 aliphatic carbocycles. The first kappa shape index (κ1) is 19.5. The topological polar surface area (TPSA) is 71.8 Å². The van der Waals surface area contributed by atoms with E-state index in [9.17, 15) is 9.59 Å². The Morgan fingerprint density at radius 1 is 1.11 bits per heavy atom. The highest BCUT2D eigenvalue weighted by Gasteiger charge is 2.09. The van der Waals surface area contributed by atoms with Crippen LogP contribution in [-0.2, 0) is 4.79 Å². The second kappa shape index (κ2) is 8.61. The van der Waals surface area contributed by atoms with Crippen LogP contribution >= 0.6 is 0 Å². The molecule has 146 valence electrons. The summed E-state index contributed by atoms with van der Waals surface area (Å²) in [4.78, 5) is 25.7. The molecule has 1 aromatic heterocycles. The molecule has 28 heavy (non-hydrogen) atoms. The van der Waals surface area contributed by atoms with E-state index in [2.05, 4.69) is 31.0 Å². The fourth-order valence-corrected chi connectivity index (χ4v) is 3.06. The molecule has 0 aliphatic heterocycles. The molecule has 3 rings (SSSR count). The van der Waals surface area contributed by atoms with Crippen molar-refractivity contribution >= 4 is 28.3 Å². The minimum Gasteiger partial charge on any atom is -0.484 e. The third-order valence-corrected chi connectivity index (χ3v) is 4.41. The van der Waals surface area contributed by atoms with Crippen molar-refractivity contribution < 1.29 is 13.9 Å². The van der Waals surface area contributed by atoms with Crippen LogP contribution in [0.1, 0.15) is 20.8 Å². The third-order valence-electron chi connectivity index (χ3n) is 4.41. The summed E-state index contributed by atoms with van der Waals surface area (Å²) in [6.07, 6.45) is 0. The molecule has 1 heterocycles. The summed E-state index contributed by atoms with van der Waals surface area (Å²) in [7, 11) is 0. The summed E-state index contributed by atoms with van der Waals surface area (Å²) in [5.41, 5.74) is 1.82. The van der Waals surface area contributed by atoms with Crippen LogP contribution in [0.3, 0.4) is 0 Å². The zero-order chi connectivity index (χ0) is 20.1. The predicted molar refractivity (Wildman–Crippen MR) is 111 cm³/mol. The summed E-state index contributed by atoms with van der Waals surface area (Å²) in [5, 5.41) is 3.61. The molecule has 6 nitrogen and oxygen atoms in total. The zero-order valence-corrected chi connectivity index (χ0v) is 16.3. The van der Waals surface area contributed by atoms with E-state index in [4.69, 9.17) is 9.15 Å². The Hall–Kier alpha value is -3.28. The van der Waals surface area contributed by atoms with Gasteiger partial charge < -0.3 is 19.4 Å². The van der Waals surface area contributed by atoms with Crippen molar-refractivity contribution in [2.45, 2.75) is 26.8 Å². The van der Waals surface area contributed by atoms with E-state index in [0.717, 1.165) is 17.6 Å². The molecule has 1 N–H and O–H groups in total. The molecule has 0 fully saturated rings. The first-order valence-electron chi connectivity index (χ1n) is 9.29. The maximum Gasteiger partial charge on any atom is 0.336 e. The molecule has 1 amide bonds. The smallest absolute Gasteiger partial charge is 0.336 e. The van der Waals surface area contributed by atoms with E-state index in [1.165, 1.54) is 6.07 Å². The van der Waals surface area contributed by atoms with Crippen LogP contribution < -0.4 is 20.6 Å². The number of carbonyl (C=O) groups is 1. The number of nitrogens with zero attached hydrogens (tertiary/aromatic N) is 1. The second-order valence-electron chi connectivity index (χ2n) is 6.72. The third kappa shape index (κ3) is 4.71. The van der Waals surface area contributed by atoms with Gasteiger partial charge >= 0.3 is 5.63 Å². The van der Waals surface area contributed by atoms with Gasteiger partial charge in [0.05, 0.1) is 0 Å². The van der Waals surface area contributed by atoms with Gasteiger partial charge in [-0.1, -0.05) is 0 Å². The molecule has 2 aromatic carbocycles. The van der Waals surface area contributed by atoms with E-state index in [1.54, 1.807) is 24.3 Å². The average molecular weight is 380 g/mol. The molecule has 0 aliphatic rings. The zero-order valence-electron chi connectivity index (χ0n) is 16.3. The number of carbonyl (C=O) groups excluding carboxylic acids is 1. The maximum atomic E-state index is 12.2. The van der Waals surface area contributed by atoms with E-state index < -0.39 is 5.63 Å². The fourth-order valence-electron chi connectivity index (χ4n) is 3.06. The van der Waals surface area contributed by atoms with E-state index in [0.29, 0.717) is 23.1 Å². The van der Waals surface area contributed by atoms with Crippen LogP contribution in [0.5, 0.6) is 5.75 Å². The van der Waals surface area contributed by atoms with Crippen molar-refractivity contribution in [2.24, 2.45) is 0 Å². The van der Waals surface area contributed by atoms with Crippen molar-refractivity contribution in [2.75, 3.05) is 23.4 Å². The molecule has 0 bridgehead atoms. The molecule has 3 aromatic rings. The van der Waals surface area contributed by atoms with Crippen LogP contribution in [0.4, 0.5) is 11.4 Å². The highest BCUT2D eigenvalue weighted by molar-refractivity contribution is 5.92. The molecule has 6 heteroatoms. The van der Waals surface area contributed by atoms with Crippen LogP contribution in [0.25, 0.3) is 11.0 Å². The molecule has 0 atom stereocenters. The number of fused-ring (bicyclic) bond motifs is 1. The lowest BCUT2D eigenvalue weighted by Gasteiger charge is -2.27. The molecular weight excluding hydrogens is 356 g/mol. The van der Waals surface area contributed by atoms with E-state index in [1.807, 2.05) is 24.3 Å². The van der Waals surface area contributed by atoms with Crippen LogP contribution in [0.2, 0.25) is 0 Å². The van der Waals surface area contributed by atoms with Crippen LogP contribution in [0.15, 0.2) is 63.8 Å². The monoisotopic (exact) mass is 380 g/mol. The van der Waals surface area contributed by atoms with Gasteiger partial charge in [0.1, 0.15) is 11.3 Å². The normalized spacial score (nSPS) is 10.9. The van der Waals surface area contributed by atoms with Gasteiger partial charge in [-0.15, -0.1) is 0 Å². The number of rotatable bonds is 7. The molecule has 0 saturated carbocycles. The summed E-state index contributed by atoms with van der Waals surface area (Å²) in [5.74, 6) is 0.196. The van der Waals surface area contributed by atoms with Crippen molar-refractivity contribution in [3.63, 3.8) is 0 Å². The average Bonchev–Trinajstić information content (AvgIpc) is 2.67. The summed E-state index contributed by atoms with van der Waals surface area (Å²) in [6, 6.07) is 16.3. The van der Waals surface area contributed by atoms with Crippen molar-refractivity contribution in [3.8, 4) is 5.75 Å². The SMILES string of the molecule is CCN(c1ccc(NC(=O)COc2ccc3ccc(=O)oc3c2)cc1)C(C)C. The summed E-state index contributed by atoms with van der Waals surface area (Å²) in [6.45, 7) is 7.19. The van der Waals surface area contributed by atoms with Crippen LogP contribution in [-0.4, -0.2) is 25.1 Å². The van der Waals surface area contributed by atoms with Gasteiger partial charge in [-0.05, 0) is 63.2 Å². The van der Waals surface area contributed by atoms with Crippen LogP contribution in [0, 0.1) is 0 Å². The molecule has 0 unspecified atom stereocenters. The minimum atomic E-state index is -0.426. The standard InChI is InChI=1S/C22H24N2O4/c1-4-24(15(2)3)18-9-7-17(8-10-18)23-21(25)14-27-19-11-5-16-6-12-22(26)28-20(16)13-19/h5-13,15H,4,14H2,1-3H3,(H,23,25). The summed E-state index contributed by atoms with van der Waals surface area (Å²) < 4.78 is 10.6. The maximum absolute atomic E-state index is 12.2. The van der Waals surface area contributed by atoms with Gasteiger partial charge in [0, 0.05) is 41.5 Å². The van der Waals surface area contributed by atoms with E-state index in [-0.39, 0.29) is 12.5 Å². The fraction of sp³-hybridized carbons (Fsp3) is 0.273. The van der Waals surface area contributed by atoms with Crippen molar-refractivity contribution in [3.05, 3.63) is 65.0 Å². The van der Waals surface area contributed by atoms with Gasteiger partial charge in [-0.2, -0.15) is 0 Å². The first-order chi connectivity index (χ1) is 13.5. The molecule has 0 radical (unpaired) electrons. The molecular formula is C22H24N2O4. The van der Waals surface area contributed by atoms with Gasteiger partial charge in [0.25, 0.3) is 5.91 Å². The number of anilines is 2. The highest BCUT2D eigenvalue weighted by atomic mass is 16.5. The van der Waals surface area contributed by atoms with Gasteiger partial charge in [-0.25, -0.2) is 4.79 Å². The Morgan fingerprint density at radius 3 is 2.50 bits per heavy atom. The number of hydrogen-bond donors (Lipinski definition) is 1. The number of benzene rings is 2. The Morgan fingerprint density at radius 2 is 1.82 bits per heavy atom. The predicted octanol–water partition coefficient (Wildman–Crippen LogP) is 4.05. The largest absolute Gasteiger partial charge is 0.484 e. The van der Waals surface area contributed by atoms with E-state index >= 15 is 0 Å². The van der Waals surface area contributed by atoms with Gasteiger partial charge in [0.15, 0.2) is 6.61 Å². The lowest BCUT2D eigenvalue weighted by atomic mass is 10.2. The second-order valence-corrected chi connectivity index (χ2v) is 6.72. The lowest BCUT2D eigenvalue weighted by molar-refractivity contribution is -0.118. The summed E-state index contributed by atoms with van der Waals surface area (Å²) >= 11 is 0. The van der Waals surface area contributed by atoms with Crippen molar-refractivity contribution in [1.29, 1.82) is 0 Å². The Balaban J connectivity index is 1.59. The Bertz CT molecular complexity index is 1010.